The van der Waals surface area contributed by atoms with Gasteiger partial charge in [0.15, 0.2) is 0 Å². The Labute approximate surface area is 126 Å². The van der Waals surface area contributed by atoms with Crippen LogP contribution in [-0.2, 0) is 12.0 Å². The summed E-state index contributed by atoms with van der Waals surface area (Å²) < 4.78 is 5.39. The Balaban J connectivity index is 2.02. The molecule has 0 N–H and O–H groups in total. The van der Waals surface area contributed by atoms with Crippen molar-refractivity contribution in [1.82, 2.24) is 9.80 Å². The molecule has 0 bridgehead atoms. The normalized spacial score (nSPS) is 26.9. The summed E-state index contributed by atoms with van der Waals surface area (Å²) in [5, 5.41) is 10.0. The van der Waals surface area contributed by atoms with Gasteiger partial charge in [0.25, 0.3) is 0 Å². The average molecular weight is 285 g/mol. The zero-order chi connectivity index (χ0) is 14.9. The van der Waals surface area contributed by atoms with Crippen LogP contribution in [0.25, 0.3) is 0 Å². The summed E-state index contributed by atoms with van der Waals surface area (Å²) in [6.07, 6.45) is 3.07. The maximum atomic E-state index is 10.0. The van der Waals surface area contributed by atoms with Crippen molar-refractivity contribution < 1.29 is 4.74 Å². The van der Waals surface area contributed by atoms with Crippen LogP contribution in [0.15, 0.2) is 18.2 Å². The van der Waals surface area contributed by atoms with Gasteiger partial charge >= 0.3 is 0 Å². The third kappa shape index (κ3) is 2.41. The van der Waals surface area contributed by atoms with E-state index in [0.29, 0.717) is 0 Å². The summed E-state index contributed by atoms with van der Waals surface area (Å²) in [7, 11) is 3.84. The largest absolute Gasteiger partial charge is 0.497 e. The fraction of sp³-hybridized carbons (Fsp3) is 0.588. The summed E-state index contributed by atoms with van der Waals surface area (Å²) in [6.45, 7) is 3.98. The van der Waals surface area contributed by atoms with Crippen molar-refractivity contribution in [1.29, 1.82) is 5.26 Å². The van der Waals surface area contributed by atoms with Crippen molar-refractivity contribution in [3.05, 3.63) is 29.3 Å². The minimum Gasteiger partial charge on any atom is -0.497 e. The zero-order valence-corrected chi connectivity index (χ0v) is 12.9. The summed E-state index contributed by atoms with van der Waals surface area (Å²) in [5.74, 6) is 0.851. The van der Waals surface area contributed by atoms with E-state index >= 15 is 0 Å². The van der Waals surface area contributed by atoms with Crippen LogP contribution in [-0.4, -0.2) is 50.1 Å². The molecule has 4 heteroatoms. The predicted octanol–water partition coefficient (Wildman–Crippen LogP) is 2.00. The van der Waals surface area contributed by atoms with E-state index in [2.05, 4.69) is 35.0 Å². The zero-order valence-electron chi connectivity index (χ0n) is 12.9. The molecule has 0 amide bonds. The molecule has 1 unspecified atom stereocenters. The highest BCUT2D eigenvalue weighted by Crippen LogP contribution is 2.41. The van der Waals surface area contributed by atoms with Crippen LogP contribution >= 0.6 is 0 Å². The molecule has 0 spiro atoms. The summed E-state index contributed by atoms with van der Waals surface area (Å²) in [4.78, 5) is 4.71. The summed E-state index contributed by atoms with van der Waals surface area (Å²) in [6, 6.07) is 8.89. The van der Waals surface area contributed by atoms with E-state index in [-0.39, 0.29) is 0 Å². The lowest BCUT2D eigenvalue weighted by Gasteiger charge is -2.46. The maximum absolute atomic E-state index is 10.0. The lowest BCUT2D eigenvalue weighted by Crippen LogP contribution is -2.55. The topological polar surface area (TPSA) is 39.5 Å². The smallest absolute Gasteiger partial charge is 0.135 e. The van der Waals surface area contributed by atoms with Gasteiger partial charge in [-0.15, -0.1) is 0 Å². The molecule has 1 atom stereocenters. The Morgan fingerprint density at radius 1 is 1.24 bits per heavy atom. The first-order valence-corrected chi connectivity index (χ1v) is 7.72. The molecule has 21 heavy (non-hydrogen) atoms. The van der Waals surface area contributed by atoms with E-state index in [1.54, 1.807) is 7.11 Å². The number of fused-ring (bicyclic) bond motifs is 1. The molecule has 1 saturated heterocycles. The minimum absolute atomic E-state index is 0.469. The number of benzene rings is 1. The van der Waals surface area contributed by atoms with Crippen molar-refractivity contribution in [3.63, 3.8) is 0 Å². The van der Waals surface area contributed by atoms with Crippen molar-refractivity contribution >= 4 is 0 Å². The van der Waals surface area contributed by atoms with Crippen LogP contribution in [0.5, 0.6) is 5.75 Å². The number of rotatable bonds is 2. The van der Waals surface area contributed by atoms with Gasteiger partial charge in [-0.1, -0.05) is 6.07 Å². The van der Waals surface area contributed by atoms with Gasteiger partial charge in [-0.25, -0.2) is 0 Å². The van der Waals surface area contributed by atoms with E-state index in [0.717, 1.165) is 51.2 Å². The highest BCUT2D eigenvalue weighted by molar-refractivity contribution is 5.45. The van der Waals surface area contributed by atoms with Gasteiger partial charge in [-0.05, 0) is 49.6 Å². The summed E-state index contributed by atoms with van der Waals surface area (Å²) in [5.41, 5.74) is 2.01. The number of nitrogens with zero attached hydrogens (tertiary/aromatic N) is 3. The number of likely N-dealkylation sites (N-methyl/N-ethyl adjacent to an activating group) is 1. The van der Waals surface area contributed by atoms with Crippen molar-refractivity contribution in [2.75, 3.05) is 40.3 Å². The molecule has 1 heterocycles. The fourth-order valence-corrected chi connectivity index (χ4v) is 3.66. The molecule has 1 aromatic carbocycles. The Hall–Kier alpha value is -1.57. The molecule has 1 aliphatic carbocycles. The van der Waals surface area contributed by atoms with E-state index in [1.165, 1.54) is 11.1 Å². The van der Waals surface area contributed by atoms with Gasteiger partial charge < -0.3 is 9.64 Å². The van der Waals surface area contributed by atoms with Crippen molar-refractivity contribution in [3.8, 4) is 11.8 Å². The Morgan fingerprint density at radius 2 is 2.00 bits per heavy atom. The highest BCUT2D eigenvalue weighted by Gasteiger charge is 2.43. The SMILES string of the molecule is COc1ccc2c(c1)C(C#N)(N1CCN(C)CC1)CCC2. The van der Waals surface area contributed by atoms with E-state index in [1.807, 2.05) is 6.07 Å². The van der Waals surface area contributed by atoms with Gasteiger partial charge in [-0.2, -0.15) is 5.26 Å². The maximum Gasteiger partial charge on any atom is 0.135 e. The molecule has 3 rings (SSSR count). The molecule has 4 nitrogen and oxygen atoms in total. The predicted molar refractivity (Wildman–Crippen MR) is 82.3 cm³/mol. The van der Waals surface area contributed by atoms with Gasteiger partial charge in [0, 0.05) is 26.2 Å². The first-order valence-electron chi connectivity index (χ1n) is 7.72. The fourth-order valence-electron chi connectivity index (χ4n) is 3.66. The lowest BCUT2D eigenvalue weighted by molar-refractivity contribution is 0.0608. The average Bonchev–Trinajstić information content (AvgIpc) is 2.54. The van der Waals surface area contributed by atoms with Crippen LogP contribution in [0.3, 0.4) is 0 Å². The molecule has 1 aliphatic heterocycles. The molecular formula is C17H23N3O. The second kappa shape index (κ2) is 5.67. The van der Waals surface area contributed by atoms with E-state index in [4.69, 9.17) is 4.74 Å². The van der Waals surface area contributed by atoms with Gasteiger partial charge in [0.1, 0.15) is 11.3 Å². The molecular weight excluding hydrogens is 262 g/mol. The Bertz CT molecular complexity index is 558. The quantitative estimate of drug-likeness (QED) is 0.833. The number of hydrogen-bond donors (Lipinski definition) is 0. The third-order valence-corrected chi connectivity index (χ3v) is 4.98. The molecule has 112 valence electrons. The molecule has 2 aliphatic rings. The second-order valence-corrected chi connectivity index (χ2v) is 6.14. The monoisotopic (exact) mass is 285 g/mol. The Kier molecular flexibility index (Phi) is 3.88. The van der Waals surface area contributed by atoms with E-state index in [9.17, 15) is 5.26 Å². The molecule has 1 aromatic rings. The van der Waals surface area contributed by atoms with Crippen LogP contribution in [0.1, 0.15) is 24.0 Å². The second-order valence-electron chi connectivity index (χ2n) is 6.14. The van der Waals surface area contributed by atoms with E-state index < -0.39 is 5.54 Å². The van der Waals surface area contributed by atoms with Crippen LogP contribution < -0.4 is 4.74 Å². The molecule has 0 saturated carbocycles. The number of ether oxygens (including phenoxy) is 1. The number of aryl methyl sites for hydroxylation is 1. The molecule has 1 fully saturated rings. The van der Waals surface area contributed by atoms with Crippen LogP contribution in [0, 0.1) is 11.3 Å². The highest BCUT2D eigenvalue weighted by atomic mass is 16.5. The van der Waals surface area contributed by atoms with Crippen molar-refractivity contribution in [2.24, 2.45) is 0 Å². The molecule has 0 radical (unpaired) electrons. The number of nitriles is 1. The van der Waals surface area contributed by atoms with Crippen LogP contribution in [0.2, 0.25) is 0 Å². The minimum atomic E-state index is -0.469. The number of hydrogen-bond acceptors (Lipinski definition) is 4. The lowest BCUT2D eigenvalue weighted by atomic mass is 9.75. The number of methoxy groups -OCH3 is 1. The van der Waals surface area contributed by atoms with Gasteiger partial charge in [0.2, 0.25) is 0 Å². The van der Waals surface area contributed by atoms with Crippen LogP contribution in [0.4, 0.5) is 0 Å². The standard InChI is InChI=1S/C17H23N3O/c1-19-8-10-20(11-9-19)17(13-18)7-3-4-14-5-6-15(21-2)12-16(14)17/h5-6,12H,3-4,7-11H2,1-2H3. The van der Waals surface area contributed by atoms with Gasteiger partial charge in [0.05, 0.1) is 13.2 Å². The molecule has 0 aromatic heterocycles. The van der Waals surface area contributed by atoms with Gasteiger partial charge in [-0.3, -0.25) is 4.90 Å². The summed E-state index contributed by atoms with van der Waals surface area (Å²) >= 11 is 0. The number of piperazine rings is 1. The van der Waals surface area contributed by atoms with Crippen molar-refractivity contribution in [2.45, 2.75) is 24.8 Å². The Morgan fingerprint density at radius 3 is 2.67 bits per heavy atom. The third-order valence-electron chi connectivity index (χ3n) is 4.98. The first kappa shape index (κ1) is 14.4. The first-order chi connectivity index (χ1) is 10.2.